The topological polar surface area (TPSA) is 53.6 Å². The largest absolute Gasteiger partial charge is 0.366 e. The van der Waals surface area contributed by atoms with Gasteiger partial charge in [-0.1, -0.05) is 13.8 Å². The molecule has 1 aliphatic rings. The average molecular weight is 316 g/mol. The van der Waals surface area contributed by atoms with Crippen molar-refractivity contribution < 1.29 is 9.53 Å². The number of halogens is 2. The predicted molar refractivity (Wildman–Crippen MR) is 82.5 cm³/mol. The van der Waals surface area contributed by atoms with Crippen LogP contribution in [0.2, 0.25) is 0 Å². The molecule has 1 rings (SSSR count). The van der Waals surface area contributed by atoms with Gasteiger partial charge in [0, 0.05) is 25.7 Å². The maximum absolute atomic E-state index is 11.9. The van der Waals surface area contributed by atoms with Crippen molar-refractivity contribution in [2.75, 3.05) is 39.3 Å². The molecule has 2 N–H and O–H groups in total. The van der Waals surface area contributed by atoms with Crippen LogP contribution in [0.5, 0.6) is 0 Å². The van der Waals surface area contributed by atoms with E-state index >= 15 is 0 Å². The highest BCUT2D eigenvalue weighted by atomic mass is 35.5. The highest BCUT2D eigenvalue weighted by molar-refractivity contribution is 5.85. The number of ether oxygens (including phenoxy) is 1. The van der Waals surface area contributed by atoms with Crippen molar-refractivity contribution in [1.29, 1.82) is 0 Å². The average Bonchev–Trinajstić information content (AvgIpc) is 2.36. The Morgan fingerprint density at radius 2 is 2.11 bits per heavy atom. The molecule has 0 aromatic heterocycles. The third-order valence-electron chi connectivity index (χ3n) is 3.03. The lowest BCUT2D eigenvalue weighted by atomic mass is 10.2. The van der Waals surface area contributed by atoms with Crippen LogP contribution in [0.15, 0.2) is 0 Å². The van der Waals surface area contributed by atoms with Gasteiger partial charge in [0.15, 0.2) is 0 Å². The van der Waals surface area contributed by atoms with Gasteiger partial charge < -0.3 is 15.4 Å². The van der Waals surface area contributed by atoms with E-state index in [4.69, 9.17) is 4.74 Å². The first-order chi connectivity index (χ1) is 8.17. The second-order valence-electron chi connectivity index (χ2n) is 4.46. The first-order valence-electron chi connectivity index (χ1n) is 6.52. The summed E-state index contributed by atoms with van der Waals surface area (Å²) in [7, 11) is 0. The van der Waals surface area contributed by atoms with Gasteiger partial charge in [-0.05, 0) is 20.0 Å². The highest BCUT2D eigenvalue weighted by Crippen LogP contribution is 2.04. The first kappa shape index (κ1) is 21.2. The fourth-order valence-electron chi connectivity index (χ4n) is 1.94. The van der Waals surface area contributed by atoms with E-state index in [1.54, 1.807) is 0 Å². The number of nitrogens with zero attached hydrogens (tertiary/aromatic N) is 1. The Balaban J connectivity index is 0. The van der Waals surface area contributed by atoms with Gasteiger partial charge in [0.05, 0.1) is 6.61 Å². The Morgan fingerprint density at radius 3 is 2.68 bits per heavy atom. The molecule has 0 radical (unpaired) electrons. The minimum atomic E-state index is -0.308. The van der Waals surface area contributed by atoms with Crippen molar-refractivity contribution >= 4 is 30.7 Å². The minimum Gasteiger partial charge on any atom is -0.366 e. The molecule has 0 aliphatic carbocycles. The highest BCUT2D eigenvalue weighted by Gasteiger charge is 2.25. The summed E-state index contributed by atoms with van der Waals surface area (Å²) in [5.74, 6) is 0.00732. The van der Waals surface area contributed by atoms with E-state index in [-0.39, 0.29) is 36.8 Å². The van der Waals surface area contributed by atoms with E-state index in [9.17, 15) is 4.79 Å². The fourth-order valence-corrected chi connectivity index (χ4v) is 1.94. The van der Waals surface area contributed by atoms with Gasteiger partial charge in [0.25, 0.3) is 5.91 Å². The lowest BCUT2D eigenvalue weighted by Gasteiger charge is -2.31. The number of nitrogens with one attached hydrogen (secondary N) is 2. The van der Waals surface area contributed by atoms with Crippen LogP contribution in [0, 0.1) is 0 Å². The molecule has 1 amide bonds. The van der Waals surface area contributed by atoms with Crippen LogP contribution in [0.3, 0.4) is 0 Å². The summed E-state index contributed by atoms with van der Waals surface area (Å²) in [6.07, 6.45) is -0.308. The lowest BCUT2D eigenvalue weighted by molar-refractivity contribution is -0.138. The maximum atomic E-state index is 11.9. The zero-order valence-electron chi connectivity index (χ0n) is 12.0. The Morgan fingerprint density at radius 1 is 1.42 bits per heavy atom. The number of hydrogen-bond donors (Lipinski definition) is 2. The summed E-state index contributed by atoms with van der Waals surface area (Å²) in [4.78, 5) is 14.1. The minimum absolute atomic E-state index is 0. The molecule has 1 saturated heterocycles. The van der Waals surface area contributed by atoms with Crippen molar-refractivity contribution in [3.8, 4) is 0 Å². The van der Waals surface area contributed by atoms with Crippen molar-refractivity contribution in [2.24, 2.45) is 0 Å². The predicted octanol–water partition coefficient (Wildman–Crippen LogP) is 0.665. The van der Waals surface area contributed by atoms with E-state index in [2.05, 4.69) is 36.3 Å². The monoisotopic (exact) mass is 315 g/mol. The molecule has 0 aromatic carbocycles. The molecule has 1 fully saturated rings. The van der Waals surface area contributed by atoms with E-state index < -0.39 is 0 Å². The van der Waals surface area contributed by atoms with Gasteiger partial charge in [0.2, 0.25) is 0 Å². The SMILES string of the molecule is CCN[C@H](C)CNC(=O)C1CN(CC)CCO1.Cl.Cl. The van der Waals surface area contributed by atoms with Crippen LogP contribution in [-0.4, -0.2) is 62.3 Å². The van der Waals surface area contributed by atoms with Crippen LogP contribution in [-0.2, 0) is 9.53 Å². The van der Waals surface area contributed by atoms with Crippen LogP contribution >= 0.6 is 24.8 Å². The molecule has 1 unspecified atom stereocenters. The Bertz CT molecular complexity index is 245. The van der Waals surface area contributed by atoms with E-state index in [1.165, 1.54) is 0 Å². The standard InChI is InChI=1S/C12H25N3O2.2ClH/c1-4-13-10(3)8-14-12(16)11-9-15(5-2)6-7-17-11;;/h10-11,13H,4-9H2,1-3H3,(H,14,16);2*1H/t10-,11?;;/m1../s1. The number of carbonyl (C=O) groups excluding carboxylic acids is 1. The summed E-state index contributed by atoms with van der Waals surface area (Å²) < 4.78 is 5.49. The smallest absolute Gasteiger partial charge is 0.250 e. The Kier molecular flexibility index (Phi) is 13.1. The van der Waals surface area contributed by atoms with E-state index in [0.717, 1.165) is 19.6 Å². The molecule has 0 saturated carbocycles. The quantitative estimate of drug-likeness (QED) is 0.756. The van der Waals surface area contributed by atoms with Gasteiger partial charge in [0.1, 0.15) is 6.10 Å². The number of morpholine rings is 1. The van der Waals surface area contributed by atoms with E-state index in [0.29, 0.717) is 25.7 Å². The molecule has 5 nitrogen and oxygen atoms in total. The molecule has 19 heavy (non-hydrogen) atoms. The first-order valence-corrected chi connectivity index (χ1v) is 6.52. The third-order valence-corrected chi connectivity index (χ3v) is 3.03. The summed E-state index contributed by atoms with van der Waals surface area (Å²) in [5, 5.41) is 6.19. The number of amides is 1. The van der Waals surface area contributed by atoms with Crippen molar-refractivity contribution in [2.45, 2.75) is 32.9 Å². The van der Waals surface area contributed by atoms with Gasteiger partial charge in [-0.25, -0.2) is 0 Å². The summed E-state index contributed by atoms with van der Waals surface area (Å²) in [5.41, 5.74) is 0. The number of likely N-dealkylation sites (N-methyl/N-ethyl adjacent to an activating group) is 2. The van der Waals surface area contributed by atoms with E-state index in [1.807, 2.05) is 0 Å². The second kappa shape index (κ2) is 11.7. The Hall–Kier alpha value is -0.0700. The van der Waals surface area contributed by atoms with Crippen molar-refractivity contribution in [3.63, 3.8) is 0 Å². The number of carbonyl (C=O) groups is 1. The van der Waals surface area contributed by atoms with Gasteiger partial charge in [-0.2, -0.15) is 0 Å². The zero-order chi connectivity index (χ0) is 12.7. The molecular formula is C12H27Cl2N3O2. The van der Waals surface area contributed by atoms with Crippen LogP contribution < -0.4 is 10.6 Å². The normalized spacial score (nSPS) is 20.9. The zero-order valence-corrected chi connectivity index (χ0v) is 13.6. The van der Waals surface area contributed by atoms with Gasteiger partial charge in [-0.3, -0.25) is 9.69 Å². The molecule has 0 bridgehead atoms. The number of rotatable bonds is 6. The van der Waals surface area contributed by atoms with Gasteiger partial charge >= 0.3 is 0 Å². The maximum Gasteiger partial charge on any atom is 0.250 e. The molecule has 1 aliphatic heterocycles. The molecular weight excluding hydrogens is 289 g/mol. The molecule has 7 heteroatoms. The summed E-state index contributed by atoms with van der Waals surface area (Å²) in [6.45, 7) is 11.0. The third kappa shape index (κ3) is 7.95. The van der Waals surface area contributed by atoms with Crippen LogP contribution in [0.4, 0.5) is 0 Å². The Labute approximate surface area is 128 Å². The summed E-state index contributed by atoms with van der Waals surface area (Å²) >= 11 is 0. The molecule has 0 aromatic rings. The molecule has 2 atom stereocenters. The number of hydrogen-bond acceptors (Lipinski definition) is 4. The fraction of sp³-hybridized carbons (Fsp3) is 0.917. The summed E-state index contributed by atoms with van der Waals surface area (Å²) in [6, 6.07) is 0.301. The van der Waals surface area contributed by atoms with Crippen molar-refractivity contribution in [3.05, 3.63) is 0 Å². The lowest BCUT2D eigenvalue weighted by Crippen LogP contribution is -2.51. The molecule has 0 spiro atoms. The van der Waals surface area contributed by atoms with Crippen LogP contribution in [0.1, 0.15) is 20.8 Å². The van der Waals surface area contributed by atoms with Crippen molar-refractivity contribution in [1.82, 2.24) is 15.5 Å². The molecule has 116 valence electrons. The second-order valence-corrected chi connectivity index (χ2v) is 4.46. The molecule has 1 heterocycles. The van der Waals surface area contributed by atoms with Gasteiger partial charge in [-0.15, -0.1) is 24.8 Å². The van der Waals surface area contributed by atoms with Crippen LogP contribution in [0.25, 0.3) is 0 Å².